The third kappa shape index (κ3) is 4.53. The molecule has 1 saturated heterocycles. The van der Waals surface area contributed by atoms with Crippen LogP contribution in [0.1, 0.15) is 64.6 Å². The highest BCUT2D eigenvalue weighted by atomic mass is 35.5. The van der Waals surface area contributed by atoms with Gasteiger partial charge in [0.05, 0.1) is 18.2 Å². The molecule has 4 rings (SSSR count). The fourth-order valence-electron chi connectivity index (χ4n) is 5.46. The smallest absolute Gasteiger partial charge is 0.416 e. The van der Waals surface area contributed by atoms with E-state index in [1.54, 1.807) is 36.9 Å². The number of rotatable bonds is 5. The van der Waals surface area contributed by atoms with Crippen molar-refractivity contribution in [3.05, 3.63) is 69.2 Å². The molecule has 0 saturated carbocycles. The lowest BCUT2D eigenvalue weighted by Crippen LogP contribution is -2.68. The van der Waals surface area contributed by atoms with Crippen molar-refractivity contribution in [2.45, 2.75) is 50.4 Å². The summed E-state index contributed by atoms with van der Waals surface area (Å²) in [5.74, 6) is -2.80. The number of aliphatic hydroxyl groups is 1. The predicted molar refractivity (Wildman–Crippen MR) is 133 cm³/mol. The standard InChI is InChI=1S/C27H28ClF3N2O5/c1-14(2)21(32-22(34)15-9-16(24(36)38-4)11-17(10-15)27(29,30)31)23(35)33-8-7-26(37)19-6-5-18(28)12-20(19)25(26,3)13-33/h5-6,9-12,14,21,37H,7-8,13H2,1-4H3,(H,32,34)/t21-,25?,26+/m1/s1. The number of carbonyl (C=O) groups is 3. The van der Waals surface area contributed by atoms with Crippen LogP contribution in [-0.2, 0) is 26.7 Å². The minimum Gasteiger partial charge on any atom is -0.465 e. The number of carbonyl (C=O) groups excluding carboxylic acids is 3. The third-order valence-electron chi connectivity index (χ3n) is 7.66. The van der Waals surface area contributed by atoms with Crippen molar-refractivity contribution in [2.75, 3.05) is 20.2 Å². The number of hydrogen-bond donors (Lipinski definition) is 2. The molecule has 38 heavy (non-hydrogen) atoms. The number of alkyl halides is 3. The molecule has 1 aliphatic heterocycles. The van der Waals surface area contributed by atoms with Gasteiger partial charge in [0, 0.05) is 29.1 Å². The second-order valence-corrected chi connectivity index (χ2v) is 10.8. The number of fused-ring (bicyclic) bond motifs is 4. The van der Waals surface area contributed by atoms with Crippen molar-refractivity contribution in [1.29, 1.82) is 0 Å². The van der Waals surface area contributed by atoms with Gasteiger partial charge in [-0.05, 0) is 53.8 Å². The molecule has 2 aromatic carbocycles. The largest absolute Gasteiger partial charge is 0.465 e. The van der Waals surface area contributed by atoms with Gasteiger partial charge in [-0.1, -0.05) is 38.4 Å². The summed E-state index contributed by atoms with van der Waals surface area (Å²) in [5, 5.41) is 14.4. The minimum absolute atomic E-state index is 0.171. The Balaban J connectivity index is 1.59. The van der Waals surface area contributed by atoms with E-state index < -0.39 is 63.6 Å². The van der Waals surface area contributed by atoms with Gasteiger partial charge < -0.3 is 20.1 Å². The van der Waals surface area contributed by atoms with Crippen LogP contribution in [0.5, 0.6) is 0 Å². The summed E-state index contributed by atoms with van der Waals surface area (Å²) in [7, 11) is 1.02. The molecular weight excluding hydrogens is 525 g/mol. The summed E-state index contributed by atoms with van der Waals surface area (Å²) in [6.45, 7) is 5.66. The Kier molecular flexibility index (Phi) is 7.03. The monoisotopic (exact) mass is 552 g/mol. The maximum Gasteiger partial charge on any atom is 0.416 e. The van der Waals surface area contributed by atoms with E-state index in [1.807, 2.05) is 6.92 Å². The van der Waals surface area contributed by atoms with Crippen molar-refractivity contribution >= 4 is 29.4 Å². The molecule has 1 heterocycles. The molecule has 2 aromatic rings. The van der Waals surface area contributed by atoms with Gasteiger partial charge in [0.1, 0.15) is 11.6 Å². The summed E-state index contributed by atoms with van der Waals surface area (Å²) < 4.78 is 44.8. The van der Waals surface area contributed by atoms with Crippen LogP contribution in [0.3, 0.4) is 0 Å². The highest BCUT2D eigenvalue weighted by molar-refractivity contribution is 6.30. The maximum absolute atomic E-state index is 13.6. The van der Waals surface area contributed by atoms with E-state index >= 15 is 0 Å². The fourth-order valence-corrected chi connectivity index (χ4v) is 5.63. The Bertz CT molecular complexity index is 1310. The molecule has 11 heteroatoms. The number of hydrogen-bond acceptors (Lipinski definition) is 5. The Labute approximate surface area is 222 Å². The lowest BCUT2D eigenvalue weighted by Gasteiger charge is -2.61. The Morgan fingerprint density at radius 2 is 1.76 bits per heavy atom. The van der Waals surface area contributed by atoms with Gasteiger partial charge >= 0.3 is 12.1 Å². The molecule has 1 unspecified atom stereocenters. The lowest BCUT2D eigenvalue weighted by atomic mass is 9.51. The van der Waals surface area contributed by atoms with E-state index in [0.717, 1.165) is 24.3 Å². The molecular formula is C27H28ClF3N2O5. The van der Waals surface area contributed by atoms with Crippen molar-refractivity contribution in [2.24, 2.45) is 5.92 Å². The third-order valence-corrected chi connectivity index (χ3v) is 7.89. The number of nitrogens with zero attached hydrogens (tertiary/aromatic N) is 1. The van der Waals surface area contributed by atoms with E-state index in [-0.39, 0.29) is 19.5 Å². The number of piperidine rings is 1. The number of ether oxygens (including phenoxy) is 1. The molecule has 3 atom stereocenters. The van der Waals surface area contributed by atoms with Gasteiger partial charge in [-0.2, -0.15) is 13.2 Å². The summed E-state index contributed by atoms with van der Waals surface area (Å²) in [4.78, 5) is 40.2. The minimum atomic E-state index is -4.81. The molecule has 0 aromatic heterocycles. The number of halogens is 4. The topological polar surface area (TPSA) is 95.9 Å². The zero-order valence-electron chi connectivity index (χ0n) is 21.3. The number of nitrogens with one attached hydrogen (secondary N) is 1. The summed E-state index contributed by atoms with van der Waals surface area (Å²) >= 11 is 6.17. The van der Waals surface area contributed by atoms with Crippen LogP contribution in [0.25, 0.3) is 0 Å². The average molecular weight is 553 g/mol. The van der Waals surface area contributed by atoms with Gasteiger partial charge in [-0.3, -0.25) is 9.59 Å². The average Bonchev–Trinajstić information content (AvgIpc) is 2.86. The van der Waals surface area contributed by atoms with Gasteiger partial charge in [-0.15, -0.1) is 0 Å². The molecule has 204 valence electrons. The second-order valence-electron chi connectivity index (χ2n) is 10.4. The van der Waals surface area contributed by atoms with Crippen LogP contribution in [0.2, 0.25) is 5.02 Å². The van der Waals surface area contributed by atoms with E-state index in [1.165, 1.54) is 0 Å². The Morgan fingerprint density at radius 1 is 1.11 bits per heavy atom. The number of methoxy groups -OCH3 is 1. The number of amides is 2. The van der Waals surface area contributed by atoms with Crippen LogP contribution in [-0.4, -0.2) is 54.0 Å². The first-order valence-electron chi connectivity index (χ1n) is 12.1. The summed E-state index contributed by atoms with van der Waals surface area (Å²) in [6.07, 6.45) is -4.53. The fraction of sp³-hybridized carbons (Fsp3) is 0.444. The Morgan fingerprint density at radius 3 is 2.37 bits per heavy atom. The van der Waals surface area contributed by atoms with Crippen LogP contribution >= 0.6 is 11.6 Å². The molecule has 0 bridgehead atoms. The van der Waals surface area contributed by atoms with Crippen molar-refractivity contribution in [1.82, 2.24) is 10.2 Å². The number of benzene rings is 2. The first-order chi connectivity index (χ1) is 17.6. The van der Waals surface area contributed by atoms with E-state index in [0.29, 0.717) is 17.2 Å². The molecule has 0 radical (unpaired) electrons. The second kappa shape index (κ2) is 9.57. The number of likely N-dealkylation sites (tertiary alicyclic amines) is 1. The zero-order chi connectivity index (χ0) is 28.2. The van der Waals surface area contributed by atoms with Crippen molar-refractivity contribution < 1.29 is 37.4 Å². The van der Waals surface area contributed by atoms with Crippen molar-refractivity contribution in [3.8, 4) is 0 Å². The molecule has 0 spiro atoms. The SMILES string of the molecule is COC(=O)c1cc(C(=O)N[C@@H](C(=O)N2CC[C@]3(O)c4ccc(Cl)cc4C3(C)C2)C(C)C)cc(C(F)(F)F)c1. The van der Waals surface area contributed by atoms with Gasteiger partial charge in [0.25, 0.3) is 5.91 Å². The van der Waals surface area contributed by atoms with Gasteiger partial charge in [0.15, 0.2) is 0 Å². The van der Waals surface area contributed by atoms with Gasteiger partial charge in [-0.25, -0.2) is 4.79 Å². The van der Waals surface area contributed by atoms with E-state index in [4.69, 9.17) is 11.6 Å². The summed E-state index contributed by atoms with van der Waals surface area (Å²) in [5.41, 5.74) is -2.34. The molecule has 2 amide bonds. The van der Waals surface area contributed by atoms with Crippen LogP contribution in [0.15, 0.2) is 36.4 Å². The molecule has 2 N–H and O–H groups in total. The normalized spacial score (nSPS) is 23.2. The zero-order valence-corrected chi connectivity index (χ0v) is 22.0. The van der Waals surface area contributed by atoms with Crippen LogP contribution < -0.4 is 5.32 Å². The first-order valence-corrected chi connectivity index (χ1v) is 12.4. The molecule has 1 aliphatic carbocycles. The molecule has 7 nitrogen and oxygen atoms in total. The Hall–Kier alpha value is -3.11. The highest BCUT2D eigenvalue weighted by Gasteiger charge is 2.62. The quantitative estimate of drug-likeness (QED) is 0.540. The van der Waals surface area contributed by atoms with Crippen LogP contribution in [0.4, 0.5) is 13.2 Å². The van der Waals surface area contributed by atoms with Crippen molar-refractivity contribution in [3.63, 3.8) is 0 Å². The predicted octanol–water partition coefficient (Wildman–Crippen LogP) is 4.29. The molecule has 2 aliphatic rings. The first kappa shape index (κ1) is 27.9. The van der Waals surface area contributed by atoms with E-state index in [2.05, 4.69) is 10.1 Å². The van der Waals surface area contributed by atoms with E-state index in [9.17, 15) is 32.7 Å². The van der Waals surface area contributed by atoms with Gasteiger partial charge in [0.2, 0.25) is 5.91 Å². The van der Waals surface area contributed by atoms with Crippen LogP contribution in [0, 0.1) is 5.92 Å². The molecule has 1 fully saturated rings. The summed E-state index contributed by atoms with van der Waals surface area (Å²) in [6, 6.07) is 6.42. The maximum atomic E-state index is 13.6. The highest BCUT2D eigenvalue weighted by Crippen LogP contribution is 2.59. The number of esters is 1. The lowest BCUT2D eigenvalue weighted by molar-refractivity contribution is -0.153.